The summed E-state index contributed by atoms with van der Waals surface area (Å²) < 4.78 is 0. The van der Waals surface area contributed by atoms with Gasteiger partial charge < -0.3 is 15.1 Å². The third-order valence-corrected chi connectivity index (χ3v) is 4.92. The Hall–Kier alpha value is -0.900. The van der Waals surface area contributed by atoms with Crippen LogP contribution in [0.4, 0.5) is 0 Å². The summed E-state index contributed by atoms with van der Waals surface area (Å²) in [6.07, 6.45) is 5.34. The maximum Gasteiger partial charge on any atom is 0.0805 e. The first-order chi connectivity index (χ1) is 10.1. The van der Waals surface area contributed by atoms with E-state index in [4.69, 9.17) is 0 Å². The van der Waals surface area contributed by atoms with Gasteiger partial charge in [-0.05, 0) is 44.7 Å². The smallest absolute Gasteiger partial charge is 0.0805 e. The number of aliphatic hydroxyl groups is 2. The molecule has 3 nitrogen and oxygen atoms in total. The molecule has 118 valence electrons. The summed E-state index contributed by atoms with van der Waals surface area (Å²) in [5.41, 5.74) is 1.00. The Bertz CT molecular complexity index is 409. The molecular formula is C18H29NO2. The van der Waals surface area contributed by atoms with E-state index in [9.17, 15) is 10.2 Å². The molecule has 4 unspecified atom stereocenters. The van der Waals surface area contributed by atoms with Crippen LogP contribution in [0, 0.1) is 0 Å². The minimum atomic E-state index is -0.395. The number of piperidine rings is 1. The van der Waals surface area contributed by atoms with Gasteiger partial charge in [-0.1, -0.05) is 43.7 Å². The maximum absolute atomic E-state index is 10.4. The Morgan fingerprint density at radius 2 is 1.71 bits per heavy atom. The normalized spacial score (nSPS) is 26.5. The monoisotopic (exact) mass is 291 g/mol. The van der Waals surface area contributed by atoms with Crippen LogP contribution in [0.25, 0.3) is 0 Å². The molecule has 0 radical (unpaired) electrons. The molecule has 3 heteroatoms. The molecule has 1 aromatic carbocycles. The van der Waals surface area contributed by atoms with Gasteiger partial charge in [0.05, 0.1) is 12.2 Å². The van der Waals surface area contributed by atoms with Gasteiger partial charge in [0.2, 0.25) is 0 Å². The van der Waals surface area contributed by atoms with Gasteiger partial charge in [0.15, 0.2) is 0 Å². The van der Waals surface area contributed by atoms with Gasteiger partial charge >= 0.3 is 0 Å². The first-order valence-corrected chi connectivity index (χ1v) is 8.24. The Kier molecular flexibility index (Phi) is 6.22. The fourth-order valence-corrected chi connectivity index (χ4v) is 3.41. The molecule has 1 heterocycles. The van der Waals surface area contributed by atoms with Crippen LogP contribution in [0.3, 0.4) is 0 Å². The van der Waals surface area contributed by atoms with Gasteiger partial charge in [0.1, 0.15) is 0 Å². The van der Waals surface area contributed by atoms with Crippen LogP contribution in [0.15, 0.2) is 30.3 Å². The van der Waals surface area contributed by atoms with Crippen LogP contribution in [-0.2, 0) is 0 Å². The van der Waals surface area contributed by atoms with Gasteiger partial charge in [-0.15, -0.1) is 0 Å². The van der Waals surface area contributed by atoms with Crippen molar-refractivity contribution in [2.45, 2.75) is 69.7 Å². The zero-order chi connectivity index (χ0) is 15.2. The van der Waals surface area contributed by atoms with E-state index >= 15 is 0 Å². The molecule has 0 bridgehead atoms. The minimum absolute atomic E-state index is 0.199. The second-order valence-corrected chi connectivity index (χ2v) is 6.36. The average Bonchev–Trinajstić information content (AvgIpc) is 2.52. The molecule has 21 heavy (non-hydrogen) atoms. The molecular weight excluding hydrogens is 262 g/mol. The number of nitrogens with zero attached hydrogens (tertiary/aromatic N) is 1. The third kappa shape index (κ3) is 4.53. The summed E-state index contributed by atoms with van der Waals surface area (Å²) in [4.78, 5) is 2.38. The van der Waals surface area contributed by atoms with E-state index in [0.717, 1.165) is 37.7 Å². The molecule has 1 aliphatic rings. The summed E-state index contributed by atoms with van der Waals surface area (Å²) >= 11 is 0. The maximum atomic E-state index is 10.4. The van der Waals surface area contributed by atoms with Crippen molar-refractivity contribution in [2.75, 3.05) is 7.05 Å². The van der Waals surface area contributed by atoms with Gasteiger partial charge in [-0.25, -0.2) is 0 Å². The van der Waals surface area contributed by atoms with Gasteiger partial charge in [0, 0.05) is 12.1 Å². The van der Waals surface area contributed by atoms with E-state index in [1.54, 1.807) is 0 Å². The minimum Gasteiger partial charge on any atom is -0.393 e. The van der Waals surface area contributed by atoms with Gasteiger partial charge in [-0.3, -0.25) is 0 Å². The van der Waals surface area contributed by atoms with Gasteiger partial charge in [-0.2, -0.15) is 0 Å². The van der Waals surface area contributed by atoms with Crippen LogP contribution in [0.2, 0.25) is 0 Å². The van der Waals surface area contributed by atoms with E-state index in [0.29, 0.717) is 12.1 Å². The lowest BCUT2D eigenvalue weighted by atomic mass is 9.88. The summed E-state index contributed by atoms with van der Waals surface area (Å²) in [5.74, 6) is 0. The Morgan fingerprint density at radius 3 is 2.33 bits per heavy atom. The van der Waals surface area contributed by atoms with Crippen molar-refractivity contribution in [2.24, 2.45) is 0 Å². The quantitative estimate of drug-likeness (QED) is 0.846. The highest BCUT2D eigenvalue weighted by molar-refractivity contribution is 5.17. The second kappa shape index (κ2) is 7.92. The van der Waals surface area contributed by atoms with Crippen molar-refractivity contribution >= 4 is 0 Å². The van der Waals surface area contributed by atoms with Crippen molar-refractivity contribution < 1.29 is 10.2 Å². The largest absolute Gasteiger partial charge is 0.393 e. The Labute approximate surface area is 128 Å². The molecule has 0 spiro atoms. The van der Waals surface area contributed by atoms with E-state index in [2.05, 4.69) is 11.9 Å². The fraction of sp³-hybridized carbons (Fsp3) is 0.667. The number of hydrogen-bond donors (Lipinski definition) is 2. The average molecular weight is 291 g/mol. The highest BCUT2D eigenvalue weighted by Gasteiger charge is 2.30. The fourth-order valence-electron chi connectivity index (χ4n) is 3.41. The molecule has 4 atom stereocenters. The molecule has 1 aliphatic heterocycles. The van der Waals surface area contributed by atoms with Crippen LogP contribution >= 0.6 is 0 Å². The van der Waals surface area contributed by atoms with Crippen LogP contribution in [0.1, 0.15) is 57.1 Å². The topological polar surface area (TPSA) is 43.7 Å². The molecule has 1 fully saturated rings. The highest BCUT2D eigenvalue weighted by Crippen LogP contribution is 2.30. The number of benzene rings is 1. The molecule has 0 saturated carbocycles. The lowest BCUT2D eigenvalue weighted by molar-refractivity contribution is 0.0347. The van der Waals surface area contributed by atoms with E-state index in [1.807, 2.05) is 37.3 Å². The lowest BCUT2D eigenvalue weighted by Gasteiger charge is -2.41. The molecule has 2 N–H and O–H groups in total. The van der Waals surface area contributed by atoms with Crippen LogP contribution < -0.4 is 0 Å². The summed E-state index contributed by atoms with van der Waals surface area (Å²) in [5, 5.41) is 20.3. The van der Waals surface area contributed by atoms with Crippen molar-refractivity contribution in [3.05, 3.63) is 35.9 Å². The summed E-state index contributed by atoms with van der Waals surface area (Å²) in [7, 11) is 2.15. The predicted octanol–water partition coefficient (Wildman–Crippen LogP) is 3.12. The predicted molar refractivity (Wildman–Crippen MR) is 86.1 cm³/mol. The molecule has 1 aromatic rings. The molecule has 0 aliphatic carbocycles. The van der Waals surface area contributed by atoms with Crippen LogP contribution in [0.5, 0.6) is 0 Å². The zero-order valence-corrected chi connectivity index (χ0v) is 13.3. The number of rotatable bonds is 6. The second-order valence-electron chi connectivity index (χ2n) is 6.36. The molecule has 2 rings (SSSR count). The number of likely N-dealkylation sites (tertiary alicyclic amines) is 1. The highest BCUT2D eigenvalue weighted by atomic mass is 16.3. The van der Waals surface area contributed by atoms with Crippen molar-refractivity contribution in [3.8, 4) is 0 Å². The van der Waals surface area contributed by atoms with Gasteiger partial charge in [0.25, 0.3) is 0 Å². The van der Waals surface area contributed by atoms with E-state index in [-0.39, 0.29) is 6.10 Å². The zero-order valence-electron chi connectivity index (χ0n) is 13.3. The van der Waals surface area contributed by atoms with Crippen molar-refractivity contribution in [1.29, 1.82) is 0 Å². The lowest BCUT2D eigenvalue weighted by Crippen LogP contribution is -2.45. The van der Waals surface area contributed by atoms with Crippen LogP contribution in [-0.4, -0.2) is 40.3 Å². The SMILES string of the molecule is CCC(O)CC1CCCC(CC(O)c2ccccc2)N1C. The van der Waals surface area contributed by atoms with E-state index in [1.165, 1.54) is 6.42 Å². The molecule has 1 saturated heterocycles. The summed E-state index contributed by atoms with van der Waals surface area (Å²) in [6.45, 7) is 2.03. The molecule has 0 amide bonds. The number of hydrogen-bond acceptors (Lipinski definition) is 3. The van der Waals surface area contributed by atoms with Crippen molar-refractivity contribution in [1.82, 2.24) is 4.90 Å². The van der Waals surface area contributed by atoms with E-state index < -0.39 is 6.10 Å². The third-order valence-electron chi connectivity index (χ3n) is 4.92. The first kappa shape index (κ1) is 16.5. The molecule has 0 aromatic heterocycles. The standard InChI is InChI=1S/C18H29NO2/c1-3-17(20)12-15-10-7-11-16(19(15)2)13-18(21)14-8-5-4-6-9-14/h4-6,8-9,15-18,20-21H,3,7,10-13H2,1-2H3. The van der Waals surface area contributed by atoms with Crippen molar-refractivity contribution in [3.63, 3.8) is 0 Å². The first-order valence-electron chi connectivity index (χ1n) is 8.24. The Morgan fingerprint density at radius 1 is 1.10 bits per heavy atom. The Balaban J connectivity index is 1.93. The number of aliphatic hydroxyl groups excluding tert-OH is 2. The summed E-state index contributed by atoms with van der Waals surface area (Å²) in [6, 6.07) is 10.8.